The summed E-state index contributed by atoms with van der Waals surface area (Å²) in [7, 11) is 0. The lowest BCUT2D eigenvalue weighted by molar-refractivity contribution is 0.0777. The van der Waals surface area contributed by atoms with Crippen LogP contribution in [-0.4, -0.2) is 67.7 Å². The first-order valence-corrected chi connectivity index (χ1v) is 10.1. The van der Waals surface area contributed by atoms with E-state index in [9.17, 15) is 4.79 Å². The van der Waals surface area contributed by atoms with Gasteiger partial charge in [-0.15, -0.1) is 0 Å². The fraction of sp³-hybridized carbons (Fsp3) is 0.429. The maximum atomic E-state index is 13.1. The van der Waals surface area contributed by atoms with Gasteiger partial charge in [-0.05, 0) is 44.6 Å². The average Bonchev–Trinajstić information content (AvgIpc) is 3.50. The number of carbonyl (C=O) groups is 1. The van der Waals surface area contributed by atoms with Crippen LogP contribution in [0, 0.1) is 6.92 Å². The van der Waals surface area contributed by atoms with Gasteiger partial charge in [0.1, 0.15) is 5.69 Å². The molecule has 29 heavy (non-hydrogen) atoms. The summed E-state index contributed by atoms with van der Waals surface area (Å²) in [4.78, 5) is 26.3. The smallest absolute Gasteiger partial charge is 0.257 e. The molecule has 0 radical (unpaired) electrons. The second-order valence-electron chi connectivity index (χ2n) is 7.19. The van der Waals surface area contributed by atoms with Gasteiger partial charge in [-0.3, -0.25) is 9.69 Å². The predicted molar refractivity (Wildman–Crippen MR) is 109 cm³/mol. The highest BCUT2D eigenvalue weighted by Gasteiger charge is 2.31. The van der Waals surface area contributed by atoms with Crippen molar-refractivity contribution in [1.29, 1.82) is 0 Å². The Morgan fingerprint density at radius 1 is 1.31 bits per heavy atom. The maximum absolute atomic E-state index is 13.1. The van der Waals surface area contributed by atoms with Crippen molar-refractivity contribution in [3.05, 3.63) is 48.1 Å². The Hall–Kier alpha value is -3.00. The lowest BCUT2D eigenvalue weighted by atomic mass is 10.2. The van der Waals surface area contributed by atoms with Crippen LogP contribution in [0.25, 0.3) is 17.4 Å². The molecule has 0 saturated carbocycles. The monoisotopic (exact) mass is 394 g/mol. The fourth-order valence-electron chi connectivity index (χ4n) is 3.97. The average molecular weight is 394 g/mol. The molecule has 1 fully saturated rings. The first kappa shape index (κ1) is 19.3. The van der Waals surface area contributed by atoms with Gasteiger partial charge in [0.25, 0.3) is 11.9 Å². The second kappa shape index (κ2) is 8.16. The molecule has 152 valence electrons. The number of rotatable bonds is 6. The number of amides is 1. The molecule has 3 aromatic heterocycles. The zero-order valence-corrected chi connectivity index (χ0v) is 17.1. The minimum absolute atomic E-state index is 0.0191. The van der Waals surface area contributed by atoms with Gasteiger partial charge in [-0.2, -0.15) is 5.10 Å². The SMILES string of the molecule is CCN(CC)C1CCN(C(=O)c2cnn(-c3nccc(-c4ccco4)n3)c2C)C1. The van der Waals surface area contributed by atoms with Crippen LogP contribution < -0.4 is 0 Å². The van der Waals surface area contributed by atoms with Gasteiger partial charge in [0, 0.05) is 25.3 Å². The number of aromatic nitrogens is 4. The maximum Gasteiger partial charge on any atom is 0.257 e. The van der Waals surface area contributed by atoms with E-state index in [1.807, 2.05) is 24.0 Å². The summed E-state index contributed by atoms with van der Waals surface area (Å²) in [6, 6.07) is 5.87. The number of furan rings is 1. The molecule has 3 aromatic rings. The van der Waals surface area contributed by atoms with E-state index in [4.69, 9.17) is 4.42 Å². The molecule has 0 aromatic carbocycles. The van der Waals surface area contributed by atoms with Crippen LogP contribution in [0.4, 0.5) is 0 Å². The van der Waals surface area contributed by atoms with Crippen LogP contribution in [0.1, 0.15) is 36.3 Å². The zero-order chi connectivity index (χ0) is 20.4. The van der Waals surface area contributed by atoms with Gasteiger partial charge in [-0.1, -0.05) is 13.8 Å². The molecule has 8 nitrogen and oxygen atoms in total. The molecule has 1 unspecified atom stereocenters. The number of hydrogen-bond donors (Lipinski definition) is 0. The van der Waals surface area contributed by atoms with E-state index < -0.39 is 0 Å². The molecule has 1 atom stereocenters. The van der Waals surface area contributed by atoms with Crippen molar-refractivity contribution in [1.82, 2.24) is 29.5 Å². The van der Waals surface area contributed by atoms with E-state index in [0.717, 1.165) is 38.3 Å². The van der Waals surface area contributed by atoms with E-state index in [1.165, 1.54) is 0 Å². The summed E-state index contributed by atoms with van der Waals surface area (Å²) < 4.78 is 7.02. The molecule has 0 N–H and O–H groups in total. The molecular formula is C21H26N6O2. The summed E-state index contributed by atoms with van der Waals surface area (Å²) in [5, 5.41) is 4.39. The quantitative estimate of drug-likeness (QED) is 0.640. The first-order chi connectivity index (χ1) is 14.1. The number of likely N-dealkylation sites (N-methyl/N-ethyl adjacent to an activating group) is 1. The van der Waals surface area contributed by atoms with Gasteiger partial charge in [0.15, 0.2) is 5.76 Å². The number of carbonyl (C=O) groups excluding carboxylic acids is 1. The topological polar surface area (TPSA) is 80.3 Å². The molecule has 1 amide bonds. The van der Waals surface area contributed by atoms with Crippen LogP contribution in [-0.2, 0) is 0 Å². The summed E-state index contributed by atoms with van der Waals surface area (Å²) in [5.74, 6) is 1.10. The van der Waals surface area contributed by atoms with Crippen molar-refractivity contribution < 1.29 is 9.21 Å². The molecule has 0 bridgehead atoms. The zero-order valence-electron chi connectivity index (χ0n) is 17.1. The van der Waals surface area contributed by atoms with Crippen LogP contribution >= 0.6 is 0 Å². The molecular weight excluding hydrogens is 368 g/mol. The Balaban J connectivity index is 1.55. The Labute approximate surface area is 170 Å². The van der Waals surface area contributed by atoms with Crippen LogP contribution in [0.15, 0.2) is 41.3 Å². The number of likely N-dealkylation sites (tertiary alicyclic amines) is 1. The second-order valence-corrected chi connectivity index (χ2v) is 7.19. The van der Waals surface area contributed by atoms with Crippen molar-refractivity contribution in [3.8, 4) is 17.4 Å². The van der Waals surface area contributed by atoms with Crippen LogP contribution in [0.2, 0.25) is 0 Å². The largest absolute Gasteiger partial charge is 0.463 e. The standard InChI is InChI=1S/C21H26N6O2/c1-4-25(5-2)16-9-11-26(14-16)20(28)17-13-23-27(15(17)3)21-22-10-8-18(24-21)19-7-6-12-29-19/h6-8,10,12-13,16H,4-5,9,11,14H2,1-3H3. The van der Waals surface area contributed by atoms with E-state index in [1.54, 1.807) is 29.4 Å². The lowest BCUT2D eigenvalue weighted by Crippen LogP contribution is -2.38. The molecule has 4 rings (SSSR count). The van der Waals surface area contributed by atoms with Gasteiger partial charge < -0.3 is 9.32 Å². The van der Waals surface area contributed by atoms with Crippen molar-refractivity contribution in [2.45, 2.75) is 33.2 Å². The van der Waals surface area contributed by atoms with Gasteiger partial charge in [0.2, 0.25) is 0 Å². The van der Waals surface area contributed by atoms with Gasteiger partial charge >= 0.3 is 0 Å². The Morgan fingerprint density at radius 2 is 2.14 bits per heavy atom. The van der Waals surface area contributed by atoms with Crippen molar-refractivity contribution in [3.63, 3.8) is 0 Å². The predicted octanol–water partition coefficient (Wildman–Crippen LogP) is 2.79. The minimum Gasteiger partial charge on any atom is -0.463 e. The number of hydrogen-bond acceptors (Lipinski definition) is 6. The molecule has 1 saturated heterocycles. The van der Waals surface area contributed by atoms with E-state index >= 15 is 0 Å². The highest BCUT2D eigenvalue weighted by molar-refractivity contribution is 5.95. The van der Waals surface area contributed by atoms with Gasteiger partial charge in [-0.25, -0.2) is 14.6 Å². The summed E-state index contributed by atoms with van der Waals surface area (Å²) >= 11 is 0. The summed E-state index contributed by atoms with van der Waals surface area (Å²) in [5.41, 5.74) is 2.00. The molecule has 0 spiro atoms. The molecule has 1 aliphatic heterocycles. The van der Waals surface area contributed by atoms with Crippen molar-refractivity contribution >= 4 is 5.91 Å². The highest BCUT2D eigenvalue weighted by Crippen LogP contribution is 2.22. The lowest BCUT2D eigenvalue weighted by Gasteiger charge is -2.26. The third kappa shape index (κ3) is 3.67. The van der Waals surface area contributed by atoms with Gasteiger partial charge in [0.05, 0.1) is 23.7 Å². The Bertz CT molecular complexity index is 977. The Morgan fingerprint density at radius 3 is 2.86 bits per heavy atom. The Kier molecular flexibility index (Phi) is 5.44. The minimum atomic E-state index is 0.0191. The van der Waals surface area contributed by atoms with Crippen molar-refractivity contribution in [2.75, 3.05) is 26.2 Å². The molecule has 4 heterocycles. The summed E-state index contributed by atoms with van der Waals surface area (Å²) in [6.07, 6.45) is 5.90. The van der Waals surface area contributed by atoms with Crippen LogP contribution in [0.3, 0.4) is 0 Å². The molecule has 0 aliphatic carbocycles. The van der Waals surface area contributed by atoms with Crippen molar-refractivity contribution in [2.24, 2.45) is 0 Å². The molecule has 8 heteroatoms. The first-order valence-electron chi connectivity index (χ1n) is 10.1. The fourth-order valence-corrected chi connectivity index (χ4v) is 3.97. The highest BCUT2D eigenvalue weighted by atomic mass is 16.3. The normalized spacial score (nSPS) is 16.7. The molecule has 1 aliphatic rings. The van der Waals surface area contributed by atoms with Crippen LogP contribution in [0.5, 0.6) is 0 Å². The third-order valence-corrected chi connectivity index (χ3v) is 5.63. The van der Waals surface area contributed by atoms with E-state index in [-0.39, 0.29) is 5.91 Å². The van der Waals surface area contributed by atoms with E-state index in [2.05, 4.69) is 33.8 Å². The number of nitrogens with zero attached hydrogens (tertiary/aromatic N) is 6. The van der Waals surface area contributed by atoms with E-state index in [0.29, 0.717) is 29.0 Å². The third-order valence-electron chi connectivity index (χ3n) is 5.63. The summed E-state index contributed by atoms with van der Waals surface area (Å²) in [6.45, 7) is 9.75.